The van der Waals surface area contributed by atoms with Crippen LogP contribution in [0.5, 0.6) is 0 Å². The minimum absolute atomic E-state index is 0.108. The van der Waals surface area contributed by atoms with Crippen molar-refractivity contribution in [3.8, 4) is 5.13 Å². The van der Waals surface area contributed by atoms with Crippen LogP contribution in [0.3, 0.4) is 0 Å². The summed E-state index contributed by atoms with van der Waals surface area (Å²) in [7, 11) is 0. The van der Waals surface area contributed by atoms with Gasteiger partial charge in [-0.15, -0.1) is 10.2 Å². The number of hydrogen-bond acceptors (Lipinski definition) is 6. The number of amides is 1. The average molecular weight is 493 g/mol. The Balaban J connectivity index is 1.15. The van der Waals surface area contributed by atoms with Gasteiger partial charge in [-0.25, -0.2) is 0 Å². The molecule has 2 aliphatic rings. The predicted octanol–water partition coefficient (Wildman–Crippen LogP) is 5.16. The van der Waals surface area contributed by atoms with Crippen molar-refractivity contribution >= 4 is 28.1 Å². The van der Waals surface area contributed by atoms with Crippen LogP contribution >= 0.6 is 11.3 Å². The zero-order valence-corrected chi connectivity index (χ0v) is 21.6. The van der Waals surface area contributed by atoms with Crippen molar-refractivity contribution in [2.75, 3.05) is 23.3 Å². The largest absolute Gasteiger partial charge is 0.379 e. The van der Waals surface area contributed by atoms with E-state index >= 15 is 0 Å². The van der Waals surface area contributed by atoms with Gasteiger partial charge in [0.2, 0.25) is 16.2 Å². The molecular weight excluding hydrogens is 456 g/mol. The van der Waals surface area contributed by atoms with Gasteiger partial charge in [0.15, 0.2) is 0 Å². The van der Waals surface area contributed by atoms with Gasteiger partial charge in [-0.05, 0) is 62.8 Å². The smallest absolute Gasteiger partial charge is 0.223 e. The monoisotopic (exact) mass is 492 g/mol. The molecule has 0 spiro atoms. The number of nitrogens with zero attached hydrogens (tertiary/aromatic N) is 4. The number of aromatic nitrogens is 3. The molecule has 3 heterocycles. The molecule has 7 nitrogen and oxygen atoms in total. The molecule has 1 amide bonds. The van der Waals surface area contributed by atoms with Crippen LogP contribution in [-0.4, -0.2) is 39.8 Å². The molecule has 5 rings (SSSR count). The molecule has 1 saturated heterocycles. The molecule has 0 radical (unpaired) electrons. The fourth-order valence-corrected chi connectivity index (χ4v) is 6.12. The first-order valence-electron chi connectivity index (χ1n) is 12.9. The van der Waals surface area contributed by atoms with E-state index in [9.17, 15) is 4.79 Å². The van der Waals surface area contributed by atoms with Crippen LogP contribution in [-0.2, 0) is 11.3 Å². The minimum Gasteiger partial charge on any atom is -0.379 e. The number of carbonyl (C=O) groups excluding carboxylic acids is 1. The quantitative estimate of drug-likeness (QED) is 0.476. The van der Waals surface area contributed by atoms with Crippen molar-refractivity contribution in [2.45, 2.75) is 65.0 Å². The molecule has 3 aromatic rings. The molecule has 1 aliphatic heterocycles. The lowest BCUT2D eigenvalue weighted by Crippen LogP contribution is -2.46. The molecule has 2 N–H and O–H groups in total. The van der Waals surface area contributed by atoms with E-state index in [1.165, 1.54) is 24.8 Å². The molecule has 2 atom stereocenters. The van der Waals surface area contributed by atoms with E-state index in [2.05, 4.69) is 74.5 Å². The van der Waals surface area contributed by atoms with Crippen LogP contribution < -0.4 is 15.5 Å². The van der Waals surface area contributed by atoms with E-state index in [-0.39, 0.29) is 11.8 Å². The van der Waals surface area contributed by atoms with E-state index < -0.39 is 0 Å². The van der Waals surface area contributed by atoms with Gasteiger partial charge in [-0.3, -0.25) is 9.36 Å². The highest BCUT2D eigenvalue weighted by atomic mass is 32.1. The van der Waals surface area contributed by atoms with Gasteiger partial charge < -0.3 is 15.5 Å². The number of rotatable bonds is 7. The molecule has 1 saturated carbocycles. The predicted molar refractivity (Wildman–Crippen MR) is 142 cm³/mol. The summed E-state index contributed by atoms with van der Waals surface area (Å²) < 4.78 is 2.11. The van der Waals surface area contributed by atoms with E-state index in [4.69, 9.17) is 0 Å². The summed E-state index contributed by atoms with van der Waals surface area (Å²) in [4.78, 5) is 15.1. The lowest BCUT2D eigenvalue weighted by molar-refractivity contribution is -0.126. The lowest BCUT2D eigenvalue weighted by Gasteiger charge is -2.34. The maximum atomic E-state index is 12.9. The van der Waals surface area contributed by atoms with E-state index in [1.807, 2.05) is 12.3 Å². The zero-order chi connectivity index (χ0) is 24.2. The molecule has 0 unspecified atom stereocenters. The summed E-state index contributed by atoms with van der Waals surface area (Å²) in [5.74, 6) is 0.953. The average Bonchev–Trinajstić information content (AvgIpc) is 3.55. The maximum Gasteiger partial charge on any atom is 0.223 e. The number of hydrogen-bond donors (Lipinski definition) is 2. The molecular formula is C27H36N6OS. The summed E-state index contributed by atoms with van der Waals surface area (Å²) in [5, 5.41) is 17.6. The Morgan fingerprint density at radius 3 is 2.54 bits per heavy atom. The Bertz CT molecular complexity index is 1110. The summed E-state index contributed by atoms with van der Waals surface area (Å²) in [6.45, 7) is 6.78. The SMILES string of the molecule is Cc1ccc(NCc2cccn2-c2nnc(N3CCC(C(=O)N[C@@H]4CCCC[C@@H]4C)CC3)s2)cc1. The minimum atomic E-state index is 0.108. The van der Waals surface area contributed by atoms with Crippen molar-refractivity contribution in [1.82, 2.24) is 20.1 Å². The Hall–Kier alpha value is -2.87. The normalized spacial score (nSPS) is 21.1. The third kappa shape index (κ3) is 5.69. The first-order chi connectivity index (χ1) is 17.1. The van der Waals surface area contributed by atoms with Crippen molar-refractivity contribution < 1.29 is 4.79 Å². The van der Waals surface area contributed by atoms with E-state index in [0.29, 0.717) is 18.5 Å². The van der Waals surface area contributed by atoms with Crippen LogP contribution in [0.1, 0.15) is 56.7 Å². The van der Waals surface area contributed by atoms with Crippen LogP contribution in [0.4, 0.5) is 10.8 Å². The third-order valence-electron chi connectivity index (χ3n) is 7.54. The Labute approximate surface area is 211 Å². The van der Waals surface area contributed by atoms with Gasteiger partial charge in [-0.1, -0.05) is 48.8 Å². The third-order valence-corrected chi connectivity index (χ3v) is 8.53. The van der Waals surface area contributed by atoms with Crippen LogP contribution in [0.15, 0.2) is 42.6 Å². The first-order valence-corrected chi connectivity index (χ1v) is 13.7. The van der Waals surface area contributed by atoms with Gasteiger partial charge >= 0.3 is 0 Å². The Morgan fingerprint density at radius 1 is 1.03 bits per heavy atom. The molecule has 8 heteroatoms. The van der Waals surface area contributed by atoms with Crippen LogP contribution in [0.2, 0.25) is 0 Å². The molecule has 1 aromatic carbocycles. The van der Waals surface area contributed by atoms with Crippen molar-refractivity contribution in [3.05, 3.63) is 53.9 Å². The fourth-order valence-electron chi connectivity index (χ4n) is 5.21. The summed E-state index contributed by atoms with van der Waals surface area (Å²) in [6.07, 6.45) is 8.67. The highest BCUT2D eigenvalue weighted by Gasteiger charge is 2.30. The topological polar surface area (TPSA) is 75.1 Å². The highest BCUT2D eigenvalue weighted by molar-refractivity contribution is 7.17. The summed E-state index contributed by atoms with van der Waals surface area (Å²) in [5.41, 5.74) is 3.50. The van der Waals surface area contributed by atoms with E-state index in [1.54, 1.807) is 11.3 Å². The molecule has 186 valence electrons. The van der Waals surface area contributed by atoms with Gasteiger partial charge in [0.1, 0.15) is 0 Å². The van der Waals surface area contributed by atoms with Crippen LogP contribution in [0, 0.1) is 18.8 Å². The molecule has 35 heavy (non-hydrogen) atoms. The first kappa shape index (κ1) is 23.9. The molecule has 2 fully saturated rings. The zero-order valence-electron chi connectivity index (χ0n) is 20.7. The van der Waals surface area contributed by atoms with Gasteiger partial charge in [0, 0.05) is 42.6 Å². The van der Waals surface area contributed by atoms with Crippen molar-refractivity contribution in [3.63, 3.8) is 0 Å². The number of aryl methyl sites for hydroxylation is 1. The van der Waals surface area contributed by atoms with Crippen molar-refractivity contribution in [1.29, 1.82) is 0 Å². The number of nitrogens with one attached hydrogen (secondary N) is 2. The summed E-state index contributed by atoms with van der Waals surface area (Å²) >= 11 is 1.61. The Kier molecular flexibility index (Phi) is 7.37. The van der Waals surface area contributed by atoms with Crippen molar-refractivity contribution in [2.24, 2.45) is 11.8 Å². The van der Waals surface area contributed by atoms with Gasteiger partial charge in [0.25, 0.3) is 0 Å². The second-order valence-electron chi connectivity index (χ2n) is 10.1. The maximum absolute atomic E-state index is 12.9. The molecule has 1 aliphatic carbocycles. The molecule has 2 aromatic heterocycles. The Morgan fingerprint density at radius 2 is 1.77 bits per heavy atom. The second kappa shape index (κ2) is 10.8. The standard InChI is InChI=1S/C27H36N6OS/c1-19-9-11-22(12-10-19)28-18-23-7-5-15-33(23)27-31-30-26(35-27)32-16-13-21(14-17-32)25(34)29-24-8-4-3-6-20(24)2/h5,7,9-12,15,20-21,24,28H,3-4,6,8,13-14,16-18H2,1-2H3,(H,29,34)/t20-,24+/m0/s1. The van der Waals surface area contributed by atoms with E-state index in [0.717, 1.165) is 54.0 Å². The number of piperidine rings is 1. The number of benzene rings is 1. The fraction of sp³-hybridized carbons (Fsp3) is 0.519. The number of anilines is 2. The summed E-state index contributed by atoms with van der Waals surface area (Å²) in [6, 6.07) is 12.9. The van der Waals surface area contributed by atoms with Gasteiger partial charge in [0.05, 0.1) is 6.54 Å². The molecule has 0 bridgehead atoms. The highest BCUT2D eigenvalue weighted by Crippen LogP contribution is 2.30. The second-order valence-corrected chi connectivity index (χ2v) is 11.0. The number of carbonyl (C=O) groups is 1. The van der Waals surface area contributed by atoms with Crippen LogP contribution in [0.25, 0.3) is 5.13 Å². The van der Waals surface area contributed by atoms with Gasteiger partial charge in [-0.2, -0.15) is 0 Å². The lowest BCUT2D eigenvalue weighted by atomic mass is 9.85.